The van der Waals surface area contributed by atoms with Crippen LogP contribution in [0.1, 0.15) is 24.8 Å². The third kappa shape index (κ3) is 4.80. The minimum absolute atomic E-state index is 0.0587. The summed E-state index contributed by atoms with van der Waals surface area (Å²) in [6.07, 6.45) is -6.13. The van der Waals surface area contributed by atoms with Gasteiger partial charge in [0.15, 0.2) is 12.0 Å². The van der Waals surface area contributed by atoms with Gasteiger partial charge in [-0.15, -0.1) is 0 Å². The maximum Gasteiger partial charge on any atom is 0.350 e. The van der Waals surface area contributed by atoms with E-state index in [0.717, 1.165) is 10.8 Å². The number of rotatable bonds is 7. The van der Waals surface area contributed by atoms with Gasteiger partial charge in [-0.1, -0.05) is 0 Å². The third-order valence-corrected chi connectivity index (χ3v) is 6.17. The first-order valence-electron chi connectivity index (χ1n) is 9.59. The number of aromatic nitrogens is 3. The molecule has 1 saturated heterocycles. The lowest BCUT2D eigenvalue weighted by molar-refractivity contribution is -0.109. The van der Waals surface area contributed by atoms with Gasteiger partial charge in [0.25, 0.3) is 0 Å². The molecule has 1 aliphatic carbocycles. The topological polar surface area (TPSA) is 147 Å². The summed E-state index contributed by atoms with van der Waals surface area (Å²) in [6.45, 7) is -0.446. The molecule has 2 aromatic heterocycles. The van der Waals surface area contributed by atoms with E-state index < -0.39 is 62.7 Å². The van der Waals surface area contributed by atoms with E-state index in [1.807, 2.05) is 0 Å². The van der Waals surface area contributed by atoms with Crippen LogP contribution in [0.2, 0.25) is 5.28 Å². The molecule has 178 valence electrons. The molecule has 32 heavy (non-hydrogen) atoms. The van der Waals surface area contributed by atoms with Crippen LogP contribution in [0.15, 0.2) is 6.20 Å². The number of fused-ring (bicyclic) bond motifs is 1. The largest absolute Gasteiger partial charge is 0.387 e. The summed E-state index contributed by atoms with van der Waals surface area (Å²) in [6, 6.07) is 0. The highest BCUT2D eigenvalue weighted by molar-refractivity contribution is 7.51. The van der Waals surface area contributed by atoms with Crippen LogP contribution >= 0.6 is 19.2 Å². The number of hydrogen-bond donors (Lipinski definition) is 4. The Hall–Kier alpha value is -1.31. The predicted octanol–water partition coefficient (Wildman–Crippen LogP) is 1.58. The summed E-state index contributed by atoms with van der Waals surface area (Å²) >= 11 is 5.96. The molecule has 0 aromatic carbocycles. The van der Waals surface area contributed by atoms with E-state index in [9.17, 15) is 27.9 Å². The van der Waals surface area contributed by atoms with Crippen molar-refractivity contribution in [2.45, 2.75) is 49.7 Å². The van der Waals surface area contributed by atoms with Crippen molar-refractivity contribution in [1.29, 1.82) is 0 Å². The fourth-order valence-corrected chi connectivity index (χ4v) is 4.60. The van der Waals surface area contributed by atoms with Crippen LogP contribution in [-0.2, 0) is 20.5 Å². The second-order valence-corrected chi connectivity index (χ2v) is 9.99. The fourth-order valence-electron chi connectivity index (χ4n) is 4.07. The molecule has 0 spiro atoms. The zero-order valence-corrected chi connectivity index (χ0v) is 18.0. The molecule has 3 heterocycles. The number of aliphatic hydroxyl groups excluding tert-OH is 2. The number of ether oxygens (including phenoxy) is 2. The van der Waals surface area contributed by atoms with E-state index in [4.69, 9.17) is 30.9 Å². The molecular weight excluding hydrogens is 482 g/mol. The van der Waals surface area contributed by atoms with E-state index in [1.165, 1.54) is 0 Å². The molecule has 0 bridgehead atoms. The van der Waals surface area contributed by atoms with Gasteiger partial charge >= 0.3 is 7.60 Å². The first kappa shape index (κ1) is 23.8. The Labute approximate surface area is 184 Å². The molecule has 1 aliphatic heterocycles. The summed E-state index contributed by atoms with van der Waals surface area (Å²) in [4.78, 5) is 25.7. The molecule has 2 aliphatic rings. The van der Waals surface area contributed by atoms with Gasteiger partial charge in [0.1, 0.15) is 30.3 Å². The van der Waals surface area contributed by atoms with Crippen LogP contribution in [0.25, 0.3) is 11.0 Å². The average Bonchev–Trinajstić information content (AvgIpc) is 3.10. The van der Waals surface area contributed by atoms with E-state index in [1.54, 1.807) is 0 Å². The SMILES string of the molecule is O=P(O)(O)COC[C@H]1O[C@@H](n2cc(F)c3c(CC4CC(F)(F)C4)nc(Cl)nc32)[C@H](O)[C@@H]1O. The summed E-state index contributed by atoms with van der Waals surface area (Å²) in [5.41, 5.74) is 0.0860. The van der Waals surface area contributed by atoms with Crippen molar-refractivity contribution in [2.24, 2.45) is 5.92 Å². The summed E-state index contributed by atoms with van der Waals surface area (Å²) < 4.78 is 63.6. The number of nitrogens with zero attached hydrogens (tertiary/aromatic N) is 3. The highest BCUT2D eigenvalue weighted by Gasteiger charge is 2.46. The van der Waals surface area contributed by atoms with Gasteiger partial charge in [-0.2, -0.15) is 4.98 Å². The molecular formula is C17H20ClF3N3O7P. The lowest BCUT2D eigenvalue weighted by Gasteiger charge is -2.34. The Morgan fingerprint density at radius 3 is 2.59 bits per heavy atom. The van der Waals surface area contributed by atoms with E-state index in [2.05, 4.69) is 9.97 Å². The second-order valence-electron chi connectivity index (χ2n) is 8.07. The molecule has 10 nitrogen and oxygen atoms in total. The number of aliphatic hydroxyl groups is 2. The molecule has 4 rings (SSSR count). The van der Waals surface area contributed by atoms with Crippen molar-refractivity contribution in [2.75, 3.05) is 13.0 Å². The van der Waals surface area contributed by atoms with Crippen LogP contribution < -0.4 is 0 Å². The lowest BCUT2D eigenvalue weighted by atomic mass is 9.78. The molecule has 2 fully saturated rings. The Morgan fingerprint density at radius 2 is 1.97 bits per heavy atom. The summed E-state index contributed by atoms with van der Waals surface area (Å²) in [7, 11) is -4.44. The minimum Gasteiger partial charge on any atom is -0.387 e. The number of hydrogen-bond acceptors (Lipinski definition) is 7. The predicted molar refractivity (Wildman–Crippen MR) is 103 cm³/mol. The Bertz CT molecular complexity index is 1060. The minimum atomic E-state index is -4.44. The molecule has 15 heteroatoms. The highest BCUT2D eigenvalue weighted by atomic mass is 35.5. The van der Waals surface area contributed by atoms with Gasteiger partial charge < -0.3 is 34.0 Å². The number of alkyl halides is 2. The highest BCUT2D eigenvalue weighted by Crippen LogP contribution is 2.45. The number of halogens is 4. The van der Waals surface area contributed by atoms with Crippen LogP contribution in [0.4, 0.5) is 13.2 Å². The molecule has 0 amide bonds. The van der Waals surface area contributed by atoms with E-state index >= 15 is 0 Å². The normalized spacial score (nSPS) is 28.4. The van der Waals surface area contributed by atoms with Gasteiger partial charge in [0.2, 0.25) is 11.2 Å². The molecule has 2 aromatic rings. The van der Waals surface area contributed by atoms with Gasteiger partial charge in [0, 0.05) is 19.0 Å². The standard InChI is InChI=1S/C17H20ClF3N3O7P/c18-16-22-9(1-7-2-17(20,21)3-7)11-8(19)4-24(14(11)23-16)15-13(26)12(25)10(31-15)5-30-6-32(27,28)29/h4,7,10,12-13,15,25-26H,1-3,5-6H2,(H2,27,28,29)/t10-,12-,13-,15-/m1/s1. The van der Waals surface area contributed by atoms with Gasteiger partial charge in [0.05, 0.1) is 17.7 Å². The van der Waals surface area contributed by atoms with Crippen molar-refractivity contribution in [3.05, 3.63) is 23.0 Å². The summed E-state index contributed by atoms with van der Waals surface area (Å²) in [5, 5.41) is 20.3. The third-order valence-electron chi connectivity index (χ3n) is 5.48. The van der Waals surface area contributed by atoms with E-state index in [-0.39, 0.29) is 41.3 Å². The monoisotopic (exact) mass is 501 g/mol. The lowest BCUT2D eigenvalue weighted by Crippen LogP contribution is -2.36. The van der Waals surface area contributed by atoms with Crippen LogP contribution in [0.3, 0.4) is 0 Å². The first-order chi connectivity index (χ1) is 14.8. The molecule has 0 unspecified atom stereocenters. The van der Waals surface area contributed by atoms with Gasteiger partial charge in [-0.25, -0.2) is 18.2 Å². The molecule has 1 saturated carbocycles. The van der Waals surface area contributed by atoms with Crippen molar-refractivity contribution in [3.8, 4) is 0 Å². The van der Waals surface area contributed by atoms with Crippen molar-refractivity contribution in [1.82, 2.24) is 14.5 Å². The molecule has 4 N–H and O–H groups in total. The van der Waals surface area contributed by atoms with Gasteiger partial charge in [-0.05, 0) is 23.9 Å². The van der Waals surface area contributed by atoms with Gasteiger partial charge in [-0.3, -0.25) is 4.57 Å². The zero-order chi connectivity index (χ0) is 23.4. The van der Waals surface area contributed by atoms with Crippen molar-refractivity contribution in [3.63, 3.8) is 0 Å². The fraction of sp³-hybridized carbons (Fsp3) is 0.647. The smallest absolute Gasteiger partial charge is 0.350 e. The first-order valence-corrected chi connectivity index (χ1v) is 11.8. The van der Waals surface area contributed by atoms with Crippen LogP contribution in [0, 0.1) is 11.7 Å². The summed E-state index contributed by atoms with van der Waals surface area (Å²) in [5.74, 6) is -3.93. The quantitative estimate of drug-likeness (QED) is 0.328. The zero-order valence-electron chi connectivity index (χ0n) is 16.3. The van der Waals surface area contributed by atoms with Crippen molar-refractivity contribution >= 4 is 30.2 Å². The Balaban J connectivity index is 1.58. The van der Waals surface area contributed by atoms with Crippen molar-refractivity contribution < 1.29 is 47.2 Å². The van der Waals surface area contributed by atoms with Crippen LogP contribution in [-0.4, -0.2) is 71.7 Å². The second kappa shape index (κ2) is 8.48. The molecule has 4 atom stereocenters. The Kier molecular flexibility index (Phi) is 6.31. The Morgan fingerprint density at radius 1 is 1.28 bits per heavy atom. The maximum atomic E-state index is 14.8. The molecule has 0 radical (unpaired) electrons. The average molecular weight is 502 g/mol. The maximum absolute atomic E-state index is 14.8. The van der Waals surface area contributed by atoms with Crippen LogP contribution in [0.5, 0.6) is 0 Å². The van der Waals surface area contributed by atoms with E-state index in [0.29, 0.717) is 0 Å².